The highest BCUT2D eigenvalue weighted by atomic mass is 32.2. The first kappa shape index (κ1) is 13.8. The summed E-state index contributed by atoms with van der Waals surface area (Å²) in [4.78, 5) is 21.7. The minimum Gasteiger partial charge on any atom is -0.488 e. The Balaban J connectivity index is 2.78. The van der Waals surface area contributed by atoms with Crippen molar-refractivity contribution in [2.45, 2.75) is 26.4 Å². The standard InChI is InChI=1S/C13H15O3S/c1-13(2,3)16-11-6-4-5-10(9-11)12(15)17-8-7-14/h4-6,9H,8H2,1-3H3. The average Bonchev–Trinajstić information content (AvgIpc) is 2.24. The predicted octanol–water partition coefficient (Wildman–Crippen LogP) is 2.85. The van der Waals surface area contributed by atoms with Crippen molar-refractivity contribution >= 4 is 23.2 Å². The molecule has 1 radical (unpaired) electrons. The Hall–Kier alpha value is -1.29. The van der Waals surface area contributed by atoms with Crippen LogP contribution in [0.4, 0.5) is 0 Å². The molecule has 0 saturated carbocycles. The number of hydrogen-bond donors (Lipinski definition) is 0. The van der Waals surface area contributed by atoms with Crippen molar-refractivity contribution in [1.29, 1.82) is 0 Å². The van der Waals surface area contributed by atoms with Gasteiger partial charge in [0.25, 0.3) is 0 Å². The number of benzene rings is 1. The van der Waals surface area contributed by atoms with Crippen molar-refractivity contribution in [1.82, 2.24) is 0 Å². The van der Waals surface area contributed by atoms with Crippen molar-refractivity contribution in [3.63, 3.8) is 0 Å². The van der Waals surface area contributed by atoms with Crippen LogP contribution in [0.3, 0.4) is 0 Å². The zero-order chi connectivity index (χ0) is 12.9. The van der Waals surface area contributed by atoms with E-state index in [4.69, 9.17) is 4.74 Å². The zero-order valence-electron chi connectivity index (χ0n) is 10.1. The minimum absolute atomic E-state index is 0.0587. The van der Waals surface area contributed by atoms with Gasteiger partial charge in [0.15, 0.2) is 0 Å². The SMILES string of the molecule is CC(C)(C)Oc1cccc(C(=O)SC[C]=O)c1. The van der Waals surface area contributed by atoms with E-state index in [1.54, 1.807) is 30.6 Å². The lowest BCUT2D eigenvalue weighted by atomic mass is 10.2. The molecule has 91 valence electrons. The van der Waals surface area contributed by atoms with Crippen LogP contribution in [0, 0.1) is 0 Å². The molecule has 0 atom stereocenters. The molecule has 3 nitrogen and oxygen atoms in total. The lowest BCUT2D eigenvalue weighted by molar-refractivity contribution is 0.108. The van der Waals surface area contributed by atoms with E-state index >= 15 is 0 Å². The van der Waals surface area contributed by atoms with Crippen LogP contribution < -0.4 is 4.74 Å². The summed E-state index contributed by atoms with van der Waals surface area (Å²) in [6.07, 6.45) is 1.68. The predicted molar refractivity (Wildman–Crippen MR) is 69.3 cm³/mol. The molecule has 0 aliphatic carbocycles. The van der Waals surface area contributed by atoms with Gasteiger partial charge < -0.3 is 4.74 Å². The van der Waals surface area contributed by atoms with Gasteiger partial charge in [-0.3, -0.25) is 9.59 Å². The second-order valence-electron chi connectivity index (χ2n) is 4.46. The van der Waals surface area contributed by atoms with Gasteiger partial charge in [-0.2, -0.15) is 0 Å². The summed E-state index contributed by atoms with van der Waals surface area (Å²) >= 11 is 0.938. The molecule has 0 aliphatic heterocycles. The summed E-state index contributed by atoms with van der Waals surface area (Å²) in [5.74, 6) is 0.711. The van der Waals surface area contributed by atoms with Crippen LogP contribution in [0.1, 0.15) is 31.1 Å². The first-order chi connectivity index (χ1) is 7.92. The van der Waals surface area contributed by atoms with Crippen LogP contribution in [0.2, 0.25) is 0 Å². The van der Waals surface area contributed by atoms with Crippen molar-refractivity contribution in [2.75, 3.05) is 5.75 Å². The Labute approximate surface area is 106 Å². The summed E-state index contributed by atoms with van der Waals surface area (Å²) in [6, 6.07) is 6.96. The van der Waals surface area contributed by atoms with E-state index in [1.807, 2.05) is 20.8 Å². The van der Waals surface area contributed by atoms with Gasteiger partial charge in [-0.1, -0.05) is 23.9 Å². The smallest absolute Gasteiger partial charge is 0.219 e. The molecule has 0 unspecified atom stereocenters. The van der Waals surface area contributed by atoms with Crippen LogP contribution >= 0.6 is 11.8 Å². The maximum absolute atomic E-state index is 11.6. The number of carbonyl (C=O) groups excluding carboxylic acids is 2. The maximum atomic E-state index is 11.6. The van der Waals surface area contributed by atoms with E-state index in [-0.39, 0.29) is 16.5 Å². The molecule has 1 rings (SSSR count). The summed E-state index contributed by atoms with van der Waals surface area (Å²) in [5, 5.41) is -0.146. The second kappa shape index (κ2) is 5.87. The summed E-state index contributed by atoms with van der Waals surface area (Å²) < 4.78 is 5.66. The van der Waals surface area contributed by atoms with Gasteiger partial charge in [-0.15, -0.1) is 0 Å². The normalized spacial score (nSPS) is 11.0. The van der Waals surface area contributed by atoms with Gasteiger partial charge in [0.2, 0.25) is 11.4 Å². The highest BCUT2D eigenvalue weighted by Gasteiger charge is 2.13. The quantitative estimate of drug-likeness (QED) is 0.825. The molecule has 0 aromatic heterocycles. The highest BCUT2D eigenvalue weighted by molar-refractivity contribution is 8.14. The Bertz CT molecular complexity index is 407. The highest BCUT2D eigenvalue weighted by Crippen LogP contribution is 2.21. The van der Waals surface area contributed by atoms with Crippen molar-refractivity contribution < 1.29 is 14.3 Å². The molecule has 0 saturated heterocycles. The van der Waals surface area contributed by atoms with Crippen LogP contribution in [-0.2, 0) is 4.79 Å². The molecule has 0 amide bonds. The fraction of sp³-hybridized carbons (Fsp3) is 0.385. The Morgan fingerprint density at radius 1 is 1.41 bits per heavy atom. The fourth-order valence-electron chi connectivity index (χ4n) is 1.22. The minimum atomic E-state index is -0.300. The summed E-state index contributed by atoms with van der Waals surface area (Å²) in [7, 11) is 0. The Kier molecular flexibility index (Phi) is 4.75. The molecule has 0 heterocycles. The number of hydrogen-bond acceptors (Lipinski definition) is 4. The molecular weight excluding hydrogens is 236 g/mol. The lowest BCUT2D eigenvalue weighted by Gasteiger charge is -2.21. The molecule has 1 aromatic rings. The number of carbonyl (C=O) groups is 1. The lowest BCUT2D eigenvalue weighted by Crippen LogP contribution is -2.23. The average molecular weight is 251 g/mol. The van der Waals surface area contributed by atoms with Crippen LogP contribution in [0.5, 0.6) is 5.75 Å². The zero-order valence-corrected chi connectivity index (χ0v) is 11.0. The summed E-state index contributed by atoms with van der Waals surface area (Å²) in [5.41, 5.74) is 0.234. The molecule has 0 spiro atoms. The van der Waals surface area contributed by atoms with Crippen LogP contribution in [-0.4, -0.2) is 22.8 Å². The van der Waals surface area contributed by atoms with E-state index in [0.29, 0.717) is 11.3 Å². The largest absolute Gasteiger partial charge is 0.488 e. The molecule has 4 heteroatoms. The van der Waals surface area contributed by atoms with Gasteiger partial charge in [0, 0.05) is 5.56 Å². The third-order valence-corrected chi connectivity index (χ3v) is 2.52. The van der Waals surface area contributed by atoms with Gasteiger partial charge >= 0.3 is 0 Å². The van der Waals surface area contributed by atoms with Gasteiger partial charge in [-0.05, 0) is 32.9 Å². The molecule has 0 N–H and O–H groups in total. The van der Waals surface area contributed by atoms with Crippen LogP contribution in [0.25, 0.3) is 0 Å². The molecule has 0 fully saturated rings. The van der Waals surface area contributed by atoms with E-state index in [0.717, 1.165) is 11.8 Å². The molecule has 1 aromatic carbocycles. The van der Waals surface area contributed by atoms with Crippen molar-refractivity contribution in [3.05, 3.63) is 29.8 Å². The van der Waals surface area contributed by atoms with E-state index < -0.39 is 0 Å². The maximum Gasteiger partial charge on any atom is 0.219 e. The number of rotatable bonds is 4. The number of ether oxygens (including phenoxy) is 1. The fourth-order valence-corrected chi connectivity index (χ4v) is 1.70. The molecule has 0 bridgehead atoms. The summed E-state index contributed by atoms with van der Waals surface area (Å²) in [6.45, 7) is 5.83. The molecular formula is C13H15O3S. The number of thioether (sulfide) groups is 1. The molecule has 17 heavy (non-hydrogen) atoms. The van der Waals surface area contributed by atoms with E-state index in [2.05, 4.69) is 0 Å². The van der Waals surface area contributed by atoms with E-state index in [9.17, 15) is 9.59 Å². The first-order valence-corrected chi connectivity index (χ1v) is 6.22. The third kappa shape index (κ3) is 5.04. The van der Waals surface area contributed by atoms with Gasteiger partial charge in [0.05, 0.1) is 5.75 Å². The Morgan fingerprint density at radius 3 is 2.71 bits per heavy atom. The van der Waals surface area contributed by atoms with Crippen molar-refractivity contribution in [2.24, 2.45) is 0 Å². The topological polar surface area (TPSA) is 43.4 Å². The van der Waals surface area contributed by atoms with Crippen LogP contribution in [0.15, 0.2) is 24.3 Å². The second-order valence-corrected chi connectivity index (χ2v) is 5.41. The van der Waals surface area contributed by atoms with Crippen molar-refractivity contribution in [3.8, 4) is 5.75 Å². The first-order valence-electron chi connectivity index (χ1n) is 5.23. The monoisotopic (exact) mass is 251 g/mol. The Morgan fingerprint density at radius 2 is 2.12 bits per heavy atom. The third-order valence-electron chi connectivity index (χ3n) is 1.76. The molecule has 0 aliphatic rings. The van der Waals surface area contributed by atoms with Gasteiger partial charge in [-0.25, -0.2) is 0 Å². The van der Waals surface area contributed by atoms with E-state index in [1.165, 1.54) is 0 Å². The van der Waals surface area contributed by atoms with Gasteiger partial charge in [0.1, 0.15) is 11.4 Å².